The molecule has 0 spiro atoms. The van der Waals surface area contributed by atoms with E-state index in [1.54, 1.807) is 16.9 Å². The summed E-state index contributed by atoms with van der Waals surface area (Å²) in [5, 5.41) is 6.97. The molecule has 138 valence electrons. The van der Waals surface area contributed by atoms with Gasteiger partial charge in [-0.2, -0.15) is 18.3 Å². The molecule has 1 atom stereocenters. The molecule has 1 aromatic carbocycles. The van der Waals surface area contributed by atoms with Crippen LogP contribution in [0.15, 0.2) is 43.1 Å². The molecule has 0 saturated carbocycles. The lowest BCUT2D eigenvalue weighted by atomic mass is 10.1. The summed E-state index contributed by atoms with van der Waals surface area (Å²) in [5.41, 5.74) is -0.340. The minimum atomic E-state index is -4.46. The van der Waals surface area contributed by atoms with Crippen molar-refractivity contribution in [1.29, 1.82) is 0 Å². The van der Waals surface area contributed by atoms with Crippen molar-refractivity contribution in [3.63, 3.8) is 0 Å². The van der Waals surface area contributed by atoms with E-state index in [0.717, 1.165) is 18.0 Å². The third kappa shape index (κ3) is 3.70. The molecule has 1 aliphatic rings. The molecular formula is C17H16ClF3N4O. The maximum atomic E-state index is 12.9. The zero-order valence-corrected chi connectivity index (χ0v) is 14.4. The highest BCUT2D eigenvalue weighted by molar-refractivity contribution is 6.33. The van der Waals surface area contributed by atoms with Gasteiger partial charge >= 0.3 is 6.18 Å². The minimum Gasteiger partial charge on any atom is -0.352 e. The van der Waals surface area contributed by atoms with Crippen molar-refractivity contribution in [3.8, 4) is 0 Å². The molecule has 1 amide bonds. The molecule has 1 aromatic heterocycles. The van der Waals surface area contributed by atoms with Crippen molar-refractivity contribution >= 4 is 29.0 Å². The summed E-state index contributed by atoms with van der Waals surface area (Å²) < 4.78 is 40.3. The highest BCUT2D eigenvalue weighted by atomic mass is 35.5. The van der Waals surface area contributed by atoms with Crippen molar-refractivity contribution in [2.45, 2.75) is 12.7 Å². The highest BCUT2D eigenvalue weighted by Gasteiger charge is 2.32. The Kier molecular flexibility index (Phi) is 4.95. The lowest BCUT2D eigenvalue weighted by molar-refractivity contribution is -0.137. The van der Waals surface area contributed by atoms with Crippen molar-refractivity contribution in [3.05, 3.63) is 53.7 Å². The summed E-state index contributed by atoms with van der Waals surface area (Å²) in [6, 6.07) is 5.05. The van der Waals surface area contributed by atoms with Gasteiger partial charge in [0.25, 0.3) is 0 Å². The average molecular weight is 385 g/mol. The van der Waals surface area contributed by atoms with E-state index in [1.807, 2.05) is 4.90 Å². The van der Waals surface area contributed by atoms with Gasteiger partial charge in [0.2, 0.25) is 5.91 Å². The van der Waals surface area contributed by atoms with Crippen LogP contribution in [-0.2, 0) is 17.5 Å². The number of aromatic nitrogens is 2. The molecule has 0 fully saturated rings. The molecule has 2 heterocycles. The number of nitrogens with one attached hydrogen (secondary N) is 1. The summed E-state index contributed by atoms with van der Waals surface area (Å²) in [6.07, 6.45) is -1.65. The number of fused-ring (bicyclic) bond motifs is 1. The molecule has 1 unspecified atom stereocenters. The molecular weight excluding hydrogens is 369 g/mol. The van der Waals surface area contributed by atoms with Crippen LogP contribution < -0.4 is 10.2 Å². The maximum absolute atomic E-state index is 12.9. The normalized spacial score (nSPS) is 16.9. The van der Waals surface area contributed by atoms with Crippen LogP contribution in [0.1, 0.15) is 5.56 Å². The Morgan fingerprint density at radius 1 is 1.38 bits per heavy atom. The van der Waals surface area contributed by atoms with Crippen LogP contribution in [0.4, 0.5) is 24.7 Å². The quantitative estimate of drug-likeness (QED) is 0.819. The van der Waals surface area contributed by atoms with E-state index >= 15 is 0 Å². The number of benzene rings is 1. The second-order valence-corrected chi connectivity index (χ2v) is 6.37. The second-order valence-electron chi connectivity index (χ2n) is 5.96. The molecule has 1 N–H and O–H groups in total. The van der Waals surface area contributed by atoms with E-state index in [1.165, 1.54) is 12.1 Å². The Morgan fingerprint density at radius 3 is 2.81 bits per heavy atom. The van der Waals surface area contributed by atoms with Crippen LogP contribution in [0.25, 0.3) is 0 Å². The number of carbonyl (C=O) groups is 1. The first kappa shape index (κ1) is 18.3. The highest BCUT2D eigenvalue weighted by Crippen LogP contribution is 2.39. The van der Waals surface area contributed by atoms with E-state index in [9.17, 15) is 18.0 Å². The Hall–Kier alpha value is -2.48. The van der Waals surface area contributed by atoms with Gasteiger partial charge in [-0.25, -0.2) is 4.68 Å². The Bertz CT molecular complexity index is 834. The third-order valence-electron chi connectivity index (χ3n) is 4.16. The average Bonchev–Trinajstić information content (AvgIpc) is 3.06. The van der Waals surface area contributed by atoms with Gasteiger partial charge in [-0.3, -0.25) is 4.79 Å². The third-order valence-corrected chi connectivity index (χ3v) is 4.46. The molecule has 26 heavy (non-hydrogen) atoms. The second kappa shape index (κ2) is 7.03. The van der Waals surface area contributed by atoms with Crippen LogP contribution in [0.5, 0.6) is 0 Å². The Labute approximate surface area is 153 Å². The van der Waals surface area contributed by atoms with E-state index < -0.39 is 11.7 Å². The molecule has 5 nitrogen and oxygen atoms in total. The Morgan fingerprint density at radius 2 is 2.15 bits per heavy atom. The fraction of sp³-hybridized carbons (Fsp3) is 0.294. The largest absolute Gasteiger partial charge is 0.416 e. The number of rotatable bonds is 4. The van der Waals surface area contributed by atoms with Gasteiger partial charge in [-0.05, 0) is 24.3 Å². The van der Waals surface area contributed by atoms with Crippen LogP contribution in [0.2, 0.25) is 5.02 Å². The molecule has 0 saturated heterocycles. The molecule has 3 rings (SSSR count). The SMILES string of the molecule is C=CC(=O)NCC1CN(c2ccc(C(F)(F)F)cc2Cl)c2ccnn2C1. The number of halogens is 4. The lowest BCUT2D eigenvalue weighted by Gasteiger charge is -2.35. The van der Waals surface area contributed by atoms with Gasteiger partial charge in [0.05, 0.1) is 22.5 Å². The first-order valence-electron chi connectivity index (χ1n) is 7.86. The smallest absolute Gasteiger partial charge is 0.352 e. The van der Waals surface area contributed by atoms with Crippen LogP contribution >= 0.6 is 11.6 Å². The lowest BCUT2D eigenvalue weighted by Crippen LogP contribution is -2.41. The van der Waals surface area contributed by atoms with Crippen LogP contribution in [0.3, 0.4) is 0 Å². The van der Waals surface area contributed by atoms with Gasteiger partial charge in [0.15, 0.2) is 0 Å². The molecule has 0 aliphatic carbocycles. The summed E-state index contributed by atoms with van der Waals surface area (Å²) in [6.45, 7) is 4.85. The number of hydrogen-bond acceptors (Lipinski definition) is 3. The predicted molar refractivity (Wildman–Crippen MR) is 92.4 cm³/mol. The number of hydrogen-bond donors (Lipinski definition) is 1. The predicted octanol–water partition coefficient (Wildman–Crippen LogP) is 3.63. The number of carbonyl (C=O) groups excluding carboxylic acids is 1. The maximum Gasteiger partial charge on any atom is 0.416 e. The molecule has 9 heteroatoms. The number of nitrogens with zero attached hydrogens (tertiary/aromatic N) is 3. The monoisotopic (exact) mass is 384 g/mol. The zero-order valence-electron chi connectivity index (χ0n) is 13.6. The van der Waals surface area contributed by atoms with Crippen molar-refractivity contribution in [2.24, 2.45) is 5.92 Å². The van der Waals surface area contributed by atoms with Gasteiger partial charge in [-0.1, -0.05) is 18.2 Å². The van der Waals surface area contributed by atoms with Crippen LogP contribution in [-0.4, -0.2) is 28.8 Å². The molecule has 1 aliphatic heterocycles. The standard InChI is InChI=1S/C17H16ClF3N4O/c1-2-15(26)22-8-11-9-24(16-5-6-23-25(16)10-11)14-4-3-12(7-13(14)18)17(19,20)21/h2-7,11H,1,8-10H2,(H,22,26). The topological polar surface area (TPSA) is 50.2 Å². The van der Waals surface area contributed by atoms with Crippen molar-refractivity contribution in [1.82, 2.24) is 15.1 Å². The van der Waals surface area contributed by atoms with E-state index in [4.69, 9.17) is 11.6 Å². The van der Waals surface area contributed by atoms with Crippen LogP contribution in [0, 0.1) is 5.92 Å². The van der Waals surface area contributed by atoms with Gasteiger partial charge in [0.1, 0.15) is 5.82 Å². The molecule has 2 aromatic rings. The Balaban J connectivity index is 1.89. The van der Waals surface area contributed by atoms with Crippen molar-refractivity contribution < 1.29 is 18.0 Å². The number of alkyl halides is 3. The fourth-order valence-corrected chi connectivity index (χ4v) is 3.20. The van der Waals surface area contributed by atoms with Gasteiger partial charge < -0.3 is 10.2 Å². The van der Waals surface area contributed by atoms with E-state index in [2.05, 4.69) is 17.0 Å². The fourth-order valence-electron chi connectivity index (χ4n) is 2.92. The first-order chi connectivity index (χ1) is 12.3. The van der Waals surface area contributed by atoms with E-state index in [0.29, 0.717) is 25.3 Å². The minimum absolute atomic E-state index is 0.00310. The molecule has 0 bridgehead atoms. The van der Waals surface area contributed by atoms with E-state index in [-0.39, 0.29) is 16.8 Å². The van der Waals surface area contributed by atoms with Crippen molar-refractivity contribution in [2.75, 3.05) is 18.0 Å². The summed E-state index contributed by atoms with van der Waals surface area (Å²) in [7, 11) is 0. The van der Waals surface area contributed by atoms with Gasteiger partial charge in [0, 0.05) is 31.6 Å². The number of anilines is 2. The summed E-state index contributed by atoms with van der Waals surface area (Å²) in [4.78, 5) is 13.2. The number of amides is 1. The van der Waals surface area contributed by atoms with Gasteiger partial charge in [-0.15, -0.1) is 0 Å². The zero-order chi connectivity index (χ0) is 18.9. The summed E-state index contributed by atoms with van der Waals surface area (Å²) >= 11 is 6.15. The first-order valence-corrected chi connectivity index (χ1v) is 8.23. The summed E-state index contributed by atoms with van der Waals surface area (Å²) in [5.74, 6) is 0.456. The molecule has 0 radical (unpaired) electrons.